The van der Waals surface area contributed by atoms with Crippen molar-refractivity contribution in [3.8, 4) is 11.5 Å². The Bertz CT molecular complexity index is 1050. The Balaban J connectivity index is 1.75. The molecule has 10 nitrogen and oxygen atoms in total. The number of rotatable bonds is 9. The van der Waals surface area contributed by atoms with Gasteiger partial charge in [0.2, 0.25) is 5.91 Å². The van der Waals surface area contributed by atoms with Crippen LogP contribution >= 0.6 is 23.2 Å². The second kappa shape index (κ2) is 12.5. The standard InChI is InChI=1S/C21H22Cl2N4O6/c1-3-33-16-7-4-12(8-17(16)32-2)20(30)27-26-19(29)11-24-18(28)10-25-21(31)14-6-5-13(22)9-15(14)23/h4-9H,3,10-11H2,1-2H3,(H,24,28)(H,25,31)(H,26,29)(H,27,30). The van der Waals surface area contributed by atoms with E-state index in [0.29, 0.717) is 23.1 Å². The largest absolute Gasteiger partial charge is 0.493 e. The van der Waals surface area contributed by atoms with E-state index in [-0.39, 0.29) is 22.7 Å². The fourth-order valence-electron chi connectivity index (χ4n) is 2.50. The highest BCUT2D eigenvalue weighted by molar-refractivity contribution is 6.36. The molecule has 0 fully saturated rings. The first-order chi connectivity index (χ1) is 15.7. The van der Waals surface area contributed by atoms with Crippen molar-refractivity contribution in [3.05, 3.63) is 57.6 Å². The number of halogens is 2. The number of hydrogen-bond donors (Lipinski definition) is 4. The number of hydrogen-bond acceptors (Lipinski definition) is 6. The second-order valence-corrected chi connectivity index (χ2v) is 7.23. The summed E-state index contributed by atoms with van der Waals surface area (Å²) < 4.78 is 10.6. The first kappa shape index (κ1) is 25.8. The van der Waals surface area contributed by atoms with Gasteiger partial charge in [-0.25, -0.2) is 0 Å². The van der Waals surface area contributed by atoms with Crippen LogP contribution in [0.25, 0.3) is 0 Å². The predicted octanol–water partition coefficient (Wildman–Crippen LogP) is 1.71. The van der Waals surface area contributed by atoms with Crippen LogP contribution in [0.4, 0.5) is 0 Å². The Morgan fingerprint density at radius 1 is 0.848 bits per heavy atom. The van der Waals surface area contributed by atoms with Crippen LogP contribution in [0.1, 0.15) is 27.6 Å². The van der Waals surface area contributed by atoms with E-state index in [9.17, 15) is 19.2 Å². The van der Waals surface area contributed by atoms with E-state index in [1.54, 1.807) is 6.07 Å². The minimum atomic E-state index is -0.679. The number of amides is 4. The van der Waals surface area contributed by atoms with Crippen LogP contribution in [0.3, 0.4) is 0 Å². The summed E-state index contributed by atoms with van der Waals surface area (Å²) in [5.74, 6) is -1.62. The lowest BCUT2D eigenvalue weighted by molar-refractivity contribution is -0.125. The highest BCUT2D eigenvalue weighted by atomic mass is 35.5. The van der Waals surface area contributed by atoms with Crippen molar-refractivity contribution in [1.82, 2.24) is 21.5 Å². The van der Waals surface area contributed by atoms with E-state index in [1.807, 2.05) is 6.92 Å². The minimum Gasteiger partial charge on any atom is -0.493 e. The molecular weight excluding hydrogens is 475 g/mol. The summed E-state index contributed by atoms with van der Waals surface area (Å²) in [7, 11) is 1.44. The Labute approximate surface area is 199 Å². The van der Waals surface area contributed by atoms with Gasteiger partial charge in [-0.1, -0.05) is 23.2 Å². The van der Waals surface area contributed by atoms with Crippen LogP contribution in [-0.2, 0) is 9.59 Å². The summed E-state index contributed by atoms with van der Waals surface area (Å²) in [5, 5.41) is 5.19. The number of carbonyl (C=O) groups is 4. The molecule has 0 aliphatic heterocycles. The molecule has 4 amide bonds. The Kier molecular flexibility index (Phi) is 9.77. The summed E-state index contributed by atoms with van der Waals surface area (Å²) in [4.78, 5) is 48.0. The molecule has 0 bridgehead atoms. The molecule has 0 atom stereocenters. The van der Waals surface area contributed by atoms with Crippen LogP contribution in [0, 0.1) is 0 Å². The van der Waals surface area contributed by atoms with Crippen molar-refractivity contribution >= 4 is 46.8 Å². The van der Waals surface area contributed by atoms with Gasteiger partial charge in [-0.05, 0) is 43.3 Å². The van der Waals surface area contributed by atoms with Gasteiger partial charge in [-0.2, -0.15) is 0 Å². The van der Waals surface area contributed by atoms with Crippen molar-refractivity contribution < 1.29 is 28.7 Å². The molecule has 0 unspecified atom stereocenters. The molecule has 0 saturated heterocycles. The van der Waals surface area contributed by atoms with Gasteiger partial charge in [0.1, 0.15) is 0 Å². The first-order valence-electron chi connectivity index (χ1n) is 9.65. The van der Waals surface area contributed by atoms with Crippen molar-refractivity contribution in [3.63, 3.8) is 0 Å². The predicted molar refractivity (Wildman–Crippen MR) is 122 cm³/mol. The normalized spacial score (nSPS) is 10.1. The molecule has 0 saturated carbocycles. The van der Waals surface area contributed by atoms with Gasteiger partial charge in [0.15, 0.2) is 11.5 Å². The Hall–Kier alpha value is -3.50. The smallest absolute Gasteiger partial charge is 0.269 e. The van der Waals surface area contributed by atoms with E-state index in [4.69, 9.17) is 32.7 Å². The maximum Gasteiger partial charge on any atom is 0.269 e. The molecule has 0 radical (unpaired) electrons. The summed E-state index contributed by atoms with van der Waals surface area (Å²) in [5.41, 5.74) is 4.78. The van der Waals surface area contributed by atoms with Crippen molar-refractivity contribution in [2.45, 2.75) is 6.92 Å². The average molecular weight is 497 g/mol. The van der Waals surface area contributed by atoms with E-state index in [0.717, 1.165) is 0 Å². The lowest BCUT2D eigenvalue weighted by atomic mass is 10.2. The van der Waals surface area contributed by atoms with Gasteiger partial charge in [0.25, 0.3) is 17.7 Å². The van der Waals surface area contributed by atoms with Crippen LogP contribution in [0.2, 0.25) is 10.0 Å². The zero-order valence-electron chi connectivity index (χ0n) is 17.8. The molecule has 2 aromatic carbocycles. The third kappa shape index (κ3) is 7.85. The Morgan fingerprint density at radius 3 is 2.24 bits per heavy atom. The van der Waals surface area contributed by atoms with E-state index >= 15 is 0 Å². The van der Waals surface area contributed by atoms with Gasteiger partial charge in [-0.15, -0.1) is 0 Å². The number of benzene rings is 2. The van der Waals surface area contributed by atoms with Crippen LogP contribution in [0.5, 0.6) is 11.5 Å². The van der Waals surface area contributed by atoms with Crippen molar-refractivity contribution in [2.24, 2.45) is 0 Å². The number of hydrazine groups is 1. The molecule has 2 rings (SSSR count). The van der Waals surface area contributed by atoms with Gasteiger partial charge in [-0.3, -0.25) is 30.0 Å². The summed E-state index contributed by atoms with van der Waals surface area (Å²) >= 11 is 11.7. The molecule has 0 spiro atoms. The molecule has 33 heavy (non-hydrogen) atoms. The minimum absolute atomic E-state index is 0.140. The lowest BCUT2D eigenvalue weighted by Crippen LogP contribution is -2.47. The van der Waals surface area contributed by atoms with E-state index in [2.05, 4.69) is 21.5 Å². The highest BCUT2D eigenvalue weighted by Crippen LogP contribution is 2.27. The molecule has 0 aliphatic carbocycles. The summed E-state index contributed by atoms with van der Waals surface area (Å²) in [6.07, 6.45) is 0. The quantitative estimate of drug-likeness (QED) is 0.390. The molecule has 2 aromatic rings. The van der Waals surface area contributed by atoms with Gasteiger partial charge >= 0.3 is 0 Å². The molecule has 0 aromatic heterocycles. The molecule has 4 N–H and O–H groups in total. The third-order valence-electron chi connectivity index (χ3n) is 4.07. The lowest BCUT2D eigenvalue weighted by Gasteiger charge is -2.12. The molecule has 12 heteroatoms. The van der Waals surface area contributed by atoms with E-state index < -0.39 is 30.2 Å². The monoisotopic (exact) mass is 496 g/mol. The first-order valence-corrected chi connectivity index (χ1v) is 10.4. The second-order valence-electron chi connectivity index (χ2n) is 6.38. The topological polar surface area (TPSA) is 135 Å². The SMILES string of the molecule is CCOc1ccc(C(=O)NNC(=O)CNC(=O)CNC(=O)c2ccc(Cl)cc2Cl)cc1OC. The summed E-state index contributed by atoms with van der Waals surface area (Å²) in [6, 6.07) is 8.86. The fraction of sp³-hybridized carbons (Fsp3) is 0.238. The Morgan fingerprint density at radius 2 is 1.58 bits per heavy atom. The zero-order chi connectivity index (χ0) is 24.4. The van der Waals surface area contributed by atoms with Crippen LogP contribution < -0.4 is 31.0 Å². The van der Waals surface area contributed by atoms with Gasteiger partial charge in [0, 0.05) is 10.6 Å². The van der Waals surface area contributed by atoms with Crippen molar-refractivity contribution in [1.29, 1.82) is 0 Å². The molecule has 0 aliphatic rings. The average Bonchev–Trinajstić information content (AvgIpc) is 2.80. The van der Waals surface area contributed by atoms with Gasteiger partial charge < -0.3 is 20.1 Å². The van der Waals surface area contributed by atoms with Crippen LogP contribution in [-0.4, -0.2) is 50.4 Å². The molecule has 0 heterocycles. The zero-order valence-corrected chi connectivity index (χ0v) is 19.3. The fourth-order valence-corrected chi connectivity index (χ4v) is 2.99. The number of methoxy groups -OCH3 is 1. The third-order valence-corrected chi connectivity index (χ3v) is 4.62. The highest BCUT2D eigenvalue weighted by Gasteiger charge is 2.14. The van der Waals surface area contributed by atoms with Gasteiger partial charge in [0.05, 0.1) is 37.4 Å². The number of nitrogens with one attached hydrogen (secondary N) is 4. The molecular formula is C21H22Cl2N4O6. The maximum atomic E-state index is 12.2. The number of carbonyl (C=O) groups excluding carboxylic acids is 4. The summed E-state index contributed by atoms with van der Waals surface area (Å²) in [6.45, 7) is 1.44. The van der Waals surface area contributed by atoms with Crippen LogP contribution in [0.15, 0.2) is 36.4 Å². The van der Waals surface area contributed by atoms with E-state index in [1.165, 1.54) is 37.4 Å². The molecule has 176 valence electrons. The number of ether oxygens (including phenoxy) is 2. The van der Waals surface area contributed by atoms with Crippen molar-refractivity contribution in [2.75, 3.05) is 26.8 Å². The maximum absolute atomic E-state index is 12.2.